The zero-order chi connectivity index (χ0) is 16.5. The molecule has 1 saturated carbocycles. The molecule has 0 radical (unpaired) electrons. The van der Waals surface area contributed by atoms with Crippen molar-refractivity contribution in [2.24, 2.45) is 0 Å². The zero-order valence-electron chi connectivity index (χ0n) is 13.4. The lowest BCUT2D eigenvalue weighted by Crippen LogP contribution is -2.36. The number of hydrogen-bond donors (Lipinski definition) is 1. The summed E-state index contributed by atoms with van der Waals surface area (Å²) in [5, 5.41) is 3.64. The van der Waals surface area contributed by atoms with Crippen LogP contribution in [0.5, 0.6) is 0 Å². The van der Waals surface area contributed by atoms with Crippen LogP contribution in [0.1, 0.15) is 42.5 Å². The molecule has 5 nitrogen and oxygen atoms in total. The van der Waals surface area contributed by atoms with Crippen molar-refractivity contribution in [2.75, 3.05) is 0 Å². The number of carbonyl (C=O) groups is 1. The Morgan fingerprint density at radius 2 is 1.88 bits per heavy atom. The van der Waals surface area contributed by atoms with Crippen molar-refractivity contribution in [3.63, 3.8) is 0 Å². The highest BCUT2D eigenvalue weighted by Crippen LogP contribution is 2.18. The lowest BCUT2D eigenvalue weighted by molar-refractivity contribution is 0.0927. The minimum absolute atomic E-state index is 0.121. The third kappa shape index (κ3) is 2.66. The summed E-state index contributed by atoms with van der Waals surface area (Å²) in [5.74, 6) is -0.121. The van der Waals surface area contributed by atoms with Crippen LogP contribution in [-0.4, -0.2) is 21.3 Å². The number of hydrogen-bond acceptors (Lipinski definition) is 3. The summed E-state index contributed by atoms with van der Waals surface area (Å²) in [5.41, 5.74) is 1.56. The highest BCUT2D eigenvalue weighted by Gasteiger charge is 2.17. The van der Waals surface area contributed by atoms with Gasteiger partial charge in [0.25, 0.3) is 11.5 Å². The van der Waals surface area contributed by atoms with E-state index in [0.29, 0.717) is 22.1 Å². The number of nitrogens with zero attached hydrogens (tertiary/aromatic N) is 2. The van der Waals surface area contributed by atoms with Gasteiger partial charge in [0, 0.05) is 12.2 Å². The molecule has 1 fully saturated rings. The van der Waals surface area contributed by atoms with Crippen LogP contribution in [0.15, 0.2) is 47.4 Å². The molecule has 2 aromatic heterocycles. The molecule has 24 heavy (non-hydrogen) atoms. The van der Waals surface area contributed by atoms with E-state index in [1.165, 1.54) is 10.8 Å². The molecule has 2 heterocycles. The highest BCUT2D eigenvalue weighted by atomic mass is 16.2. The monoisotopic (exact) mass is 321 g/mol. The number of benzene rings is 1. The van der Waals surface area contributed by atoms with Gasteiger partial charge in [-0.2, -0.15) is 0 Å². The van der Waals surface area contributed by atoms with Crippen LogP contribution in [-0.2, 0) is 0 Å². The quantitative estimate of drug-likeness (QED) is 0.738. The Hall–Kier alpha value is -2.69. The van der Waals surface area contributed by atoms with Gasteiger partial charge < -0.3 is 5.32 Å². The van der Waals surface area contributed by atoms with E-state index in [2.05, 4.69) is 10.3 Å². The molecule has 1 amide bonds. The van der Waals surface area contributed by atoms with Gasteiger partial charge in [0.2, 0.25) is 0 Å². The van der Waals surface area contributed by atoms with E-state index < -0.39 is 0 Å². The Bertz CT molecular complexity index is 971. The molecule has 122 valence electrons. The Labute approximate surface area is 139 Å². The molecule has 0 spiro atoms. The molecular formula is C19H19N3O2. The summed E-state index contributed by atoms with van der Waals surface area (Å²) < 4.78 is 1.46. The summed E-state index contributed by atoms with van der Waals surface area (Å²) >= 11 is 0. The van der Waals surface area contributed by atoms with E-state index in [4.69, 9.17) is 0 Å². The number of rotatable bonds is 2. The van der Waals surface area contributed by atoms with E-state index in [1.54, 1.807) is 24.4 Å². The first-order valence-corrected chi connectivity index (χ1v) is 8.44. The second kappa shape index (κ2) is 6.07. The second-order valence-corrected chi connectivity index (χ2v) is 6.39. The zero-order valence-corrected chi connectivity index (χ0v) is 13.4. The van der Waals surface area contributed by atoms with Crippen LogP contribution < -0.4 is 10.9 Å². The van der Waals surface area contributed by atoms with Crippen molar-refractivity contribution in [2.45, 2.75) is 38.1 Å². The van der Waals surface area contributed by atoms with Crippen molar-refractivity contribution in [1.82, 2.24) is 14.7 Å². The van der Waals surface area contributed by atoms with Crippen molar-refractivity contribution in [3.05, 3.63) is 58.5 Å². The first-order valence-electron chi connectivity index (χ1n) is 8.44. The molecule has 0 saturated heterocycles. The average molecular weight is 321 g/mol. The van der Waals surface area contributed by atoms with E-state index in [0.717, 1.165) is 25.7 Å². The molecule has 1 aromatic carbocycles. The van der Waals surface area contributed by atoms with Gasteiger partial charge >= 0.3 is 0 Å². The molecule has 0 unspecified atom stereocenters. The molecule has 1 aliphatic carbocycles. The highest BCUT2D eigenvalue weighted by molar-refractivity contribution is 5.94. The van der Waals surface area contributed by atoms with Gasteiger partial charge in [0.15, 0.2) is 0 Å². The van der Waals surface area contributed by atoms with Crippen LogP contribution in [0.2, 0.25) is 0 Å². The largest absolute Gasteiger partial charge is 0.349 e. The Morgan fingerprint density at radius 1 is 1.08 bits per heavy atom. The third-order valence-corrected chi connectivity index (χ3v) is 4.72. The summed E-state index contributed by atoms with van der Waals surface area (Å²) in [6.45, 7) is 0. The molecule has 4 rings (SSSR count). The summed E-state index contributed by atoms with van der Waals surface area (Å²) in [4.78, 5) is 29.6. The summed E-state index contributed by atoms with van der Waals surface area (Å²) in [6.07, 6.45) is 7.23. The van der Waals surface area contributed by atoms with E-state index in [1.807, 2.05) is 18.2 Å². The number of para-hydroxylation sites is 1. The molecule has 1 N–H and O–H groups in total. The molecular weight excluding hydrogens is 302 g/mol. The minimum Gasteiger partial charge on any atom is -0.349 e. The predicted octanol–water partition coefficient (Wildman–Crippen LogP) is 2.91. The maximum absolute atomic E-state index is 12.6. The number of pyridine rings is 1. The number of aromatic nitrogens is 2. The Kier molecular flexibility index (Phi) is 3.76. The summed E-state index contributed by atoms with van der Waals surface area (Å²) in [6, 6.07) is 11.0. The van der Waals surface area contributed by atoms with E-state index in [-0.39, 0.29) is 17.5 Å². The van der Waals surface area contributed by atoms with Crippen LogP contribution in [0.3, 0.4) is 0 Å². The van der Waals surface area contributed by atoms with E-state index in [9.17, 15) is 9.59 Å². The average Bonchev–Trinajstić information content (AvgIpc) is 2.62. The lowest BCUT2D eigenvalue weighted by Gasteiger charge is -2.22. The fourth-order valence-electron chi connectivity index (χ4n) is 3.40. The number of carbonyl (C=O) groups excluding carboxylic acids is 1. The van der Waals surface area contributed by atoms with Gasteiger partial charge in [-0.3, -0.25) is 14.0 Å². The topological polar surface area (TPSA) is 63.5 Å². The molecule has 3 aromatic rings. The normalized spacial score (nSPS) is 15.7. The van der Waals surface area contributed by atoms with Gasteiger partial charge in [-0.15, -0.1) is 0 Å². The maximum atomic E-state index is 12.6. The number of fused-ring (bicyclic) bond motifs is 2. The van der Waals surface area contributed by atoms with Crippen LogP contribution in [0.4, 0.5) is 0 Å². The maximum Gasteiger partial charge on any atom is 0.265 e. The van der Waals surface area contributed by atoms with Crippen molar-refractivity contribution in [1.29, 1.82) is 0 Å². The van der Waals surface area contributed by atoms with Crippen LogP contribution >= 0.6 is 0 Å². The molecule has 0 bridgehead atoms. The van der Waals surface area contributed by atoms with Gasteiger partial charge in [-0.1, -0.05) is 31.4 Å². The fraction of sp³-hybridized carbons (Fsp3) is 0.316. The van der Waals surface area contributed by atoms with Crippen LogP contribution in [0.25, 0.3) is 16.6 Å². The summed E-state index contributed by atoms with van der Waals surface area (Å²) in [7, 11) is 0. The van der Waals surface area contributed by atoms with Crippen LogP contribution in [0, 0.1) is 0 Å². The van der Waals surface area contributed by atoms with Crippen molar-refractivity contribution >= 4 is 22.5 Å². The van der Waals surface area contributed by atoms with Gasteiger partial charge in [-0.25, -0.2) is 4.98 Å². The molecule has 0 aliphatic heterocycles. The molecule has 0 atom stereocenters. The molecule has 1 aliphatic rings. The van der Waals surface area contributed by atoms with Crippen molar-refractivity contribution < 1.29 is 4.79 Å². The van der Waals surface area contributed by atoms with Crippen molar-refractivity contribution in [3.8, 4) is 0 Å². The third-order valence-electron chi connectivity index (χ3n) is 4.72. The SMILES string of the molecule is O=C(NC1CCCCC1)c1ccc2nc3ccccc3c(=O)n2c1. The number of nitrogens with one attached hydrogen (secondary N) is 1. The lowest BCUT2D eigenvalue weighted by atomic mass is 9.95. The minimum atomic E-state index is -0.150. The van der Waals surface area contributed by atoms with E-state index >= 15 is 0 Å². The Morgan fingerprint density at radius 3 is 2.71 bits per heavy atom. The smallest absolute Gasteiger partial charge is 0.265 e. The first-order chi connectivity index (χ1) is 11.7. The van der Waals surface area contributed by atoms with Gasteiger partial charge in [0.1, 0.15) is 5.65 Å². The number of amides is 1. The fourth-order valence-corrected chi connectivity index (χ4v) is 3.40. The van der Waals surface area contributed by atoms with Gasteiger partial charge in [-0.05, 0) is 37.1 Å². The second-order valence-electron chi connectivity index (χ2n) is 6.39. The standard InChI is InChI=1S/C19H19N3O2/c23-18(20-14-6-2-1-3-7-14)13-10-11-17-21-16-9-5-4-8-15(16)19(24)22(17)12-13/h4-5,8-12,14H,1-3,6-7H2,(H,20,23). The first kappa shape index (κ1) is 14.9. The van der Waals surface area contributed by atoms with Gasteiger partial charge in [0.05, 0.1) is 16.5 Å². The molecule has 5 heteroatoms. The predicted molar refractivity (Wildman–Crippen MR) is 93.3 cm³/mol. The Balaban J connectivity index is 1.72.